The first kappa shape index (κ1) is 9.93. The van der Waals surface area contributed by atoms with Crippen LogP contribution in [0.5, 0.6) is 5.75 Å². The van der Waals surface area contributed by atoms with E-state index in [1.807, 2.05) is 0 Å². The van der Waals surface area contributed by atoms with E-state index in [1.54, 1.807) is 6.92 Å². The zero-order valence-corrected chi connectivity index (χ0v) is 8.63. The number of rotatable bonds is 0. The van der Waals surface area contributed by atoms with Gasteiger partial charge >= 0.3 is 0 Å². The Morgan fingerprint density at radius 2 is 1.87 bits per heavy atom. The summed E-state index contributed by atoms with van der Waals surface area (Å²) in [6.07, 6.45) is 1.21. The highest BCUT2D eigenvalue weighted by atomic mass is 35.5. The summed E-state index contributed by atoms with van der Waals surface area (Å²) in [6.45, 7) is 1.55. The van der Waals surface area contributed by atoms with Crippen LogP contribution in [-0.4, -0.2) is 16.7 Å². The van der Waals surface area contributed by atoms with Crippen LogP contribution in [0.2, 0.25) is 5.02 Å². The zero-order chi connectivity index (χ0) is 11.2. The number of hydrogen-bond donors (Lipinski definition) is 1. The average molecular weight is 223 g/mol. The Morgan fingerprint density at radius 3 is 2.53 bits per heavy atom. The van der Waals surface area contributed by atoms with Crippen molar-refractivity contribution in [3.8, 4) is 5.75 Å². The molecular formula is C11H7ClO3. The van der Waals surface area contributed by atoms with Crippen molar-refractivity contribution in [3.63, 3.8) is 0 Å². The molecular weight excluding hydrogens is 216 g/mol. The fourth-order valence-electron chi connectivity index (χ4n) is 1.57. The standard InChI is InChI=1S/C11H7ClO3/c1-5-4-8(14)10-7(13)3-2-6(12)9(10)11(5)15/h2-4,13H,1H3. The van der Waals surface area contributed by atoms with Gasteiger partial charge in [0.15, 0.2) is 11.6 Å². The topological polar surface area (TPSA) is 54.4 Å². The fourth-order valence-corrected chi connectivity index (χ4v) is 1.81. The third kappa shape index (κ3) is 1.36. The molecule has 0 unspecified atom stereocenters. The predicted molar refractivity (Wildman–Crippen MR) is 55.5 cm³/mol. The van der Waals surface area contributed by atoms with E-state index in [4.69, 9.17) is 11.6 Å². The summed E-state index contributed by atoms with van der Waals surface area (Å²) in [7, 11) is 0. The van der Waals surface area contributed by atoms with Gasteiger partial charge in [0.05, 0.1) is 16.1 Å². The number of benzene rings is 1. The molecule has 0 fully saturated rings. The van der Waals surface area contributed by atoms with Crippen LogP contribution >= 0.6 is 11.6 Å². The van der Waals surface area contributed by atoms with Crippen LogP contribution in [0, 0.1) is 0 Å². The van der Waals surface area contributed by atoms with Gasteiger partial charge in [-0.15, -0.1) is 0 Å². The quantitative estimate of drug-likeness (QED) is 0.733. The number of allylic oxidation sites excluding steroid dienone is 2. The molecule has 0 amide bonds. The second-order valence-electron chi connectivity index (χ2n) is 3.34. The maximum absolute atomic E-state index is 11.7. The van der Waals surface area contributed by atoms with Gasteiger partial charge in [0.1, 0.15) is 5.75 Å². The number of Topliss-reactive ketones (excluding diaryl/α,β-unsaturated/α-hetero) is 1. The largest absolute Gasteiger partial charge is 0.507 e. The van der Waals surface area contributed by atoms with Crippen LogP contribution in [0.1, 0.15) is 27.6 Å². The molecule has 0 atom stereocenters. The summed E-state index contributed by atoms with van der Waals surface area (Å²) in [6, 6.07) is 2.71. The van der Waals surface area contributed by atoms with Gasteiger partial charge in [0.25, 0.3) is 0 Å². The Bertz CT molecular complexity index is 515. The molecule has 0 heterocycles. The van der Waals surface area contributed by atoms with E-state index in [0.717, 1.165) is 0 Å². The molecule has 2 rings (SSSR count). The normalized spacial score (nSPS) is 14.9. The molecule has 0 saturated carbocycles. The SMILES string of the molecule is CC1=CC(=O)c2c(O)ccc(Cl)c2C1=O. The molecule has 15 heavy (non-hydrogen) atoms. The number of halogens is 1. The van der Waals surface area contributed by atoms with E-state index in [2.05, 4.69) is 0 Å². The molecule has 1 aromatic carbocycles. The van der Waals surface area contributed by atoms with Gasteiger partial charge in [-0.1, -0.05) is 11.6 Å². The highest BCUT2D eigenvalue weighted by Gasteiger charge is 2.28. The lowest BCUT2D eigenvalue weighted by Gasteiger charge is -2.14. The third-order valence-corrected chi connectivity index (χ3v) is 2.63. The van der Waals surface area contributed by atoms with Gasteiger partial charge in [0.2, 0.25) is 0 Å². The summed E-state index contributed by atoms with van der Waals surface area (Å²) in [5.41, 5.74) is 0.430. The van der Waals surface area contributed by atoms with Crippen LogP contribution in [0.4, 0.5) is 0 Å². The van der Waals surface area contributed by atoms with Gasteiger partial charge in [-0.05, 0) is 25.1 Å². The van der Waals surface area contributed by atoms with Gasteiger partial charge in [-0.3, -0.25) is 9.59 Å². The molecule has 76 valence electrons. The number of hydrogen-bond acceptors (Lipinski definition) is 3. The number of aromatic hydroxyl groups is 1. The Kier molecular flexibility index (Phi) is 2.12. The van der Waals surface area contributed by atoms with E-state index in [1.165, 1.54) is 18.2 Å². The number of phenols is 1. The van der Waals surface area contributed by atoms with Crippen molar-refractivity contribution in [2.45, 2.75) is 6.92 Å². The monoisotopic (exact) mass is 222 g/mol. The van der Waals surface area contributed by atoms with Crippen LogP contribution in [-0.2, 0) is 0 Å². The van der Waals surface area contributed by atoms with Crippen molar-refractivity contribution in [2.24, 2.45) is 0 Å². The van der Waals surface area contributed by atoms with Gasteiger partial charge in [-0.25, -0.2) is 0 Å². The van der Waals surface area contributed by atoms with Crippen molar-refractivity contribution in [2.75, 3.05) is 0 Å². The van der Waals surface area contributed by atoms with Crippen molar-refractivity contribution in [1.29, 1.82) is 0 Å². The minimum atomic E-state index is -0.387. The van der Waals surface area contributed by atoms with Crippen molar-refractivity contribution in [1.82, 2.24) is 0 Å². The number of carbonyl (C=O) groups excluding carboxylic acids is 2. The lowest BCUT2D eigenvalue weighted by atomic mass is 9.89. The van der Waals surface area contributed by atoms with Crippen molar-refractivity contribution < 1.29 is 14.7 Å². The number of fused-ring (bicyclic) bond motifs is 1. The maximum Gasteiger partial charge on any atom is 0.191 e. The molecule has 0 aliphatic heterocycles. The maximum atomic E-state index is 11.7. The summed E-state index contributed by atoms with van der Waals surface area (Å²) in [4.78, 5) is 23.3. The van der Waals surface area contributed by atoms with Crippen LogP contribution in [0.15, 0.2) is 23.8 Å². The lowest BCUT2D eigenvalue weighted by molar-refractivity contribution is 0.0982. The molecule has 1 aliphatic carbocycles. The van der Waals surface area contributed by atoms with Gasteiger partial charge < -0.3 is 5.11 Å². The lowest BCUT2D eigenvalue weighted by Crippen LogP contribution is -2.16. The van der Waals surface area contributed by atoms with Gasteiger partial charge in [-0.2, -0.15) is 0 Å². The minimum absolute atomic E-state index is 0.00176. The second-order valence-corrected chi connectivity index (χ2v) is 3.74. The Balaban J connectivity index is 2.82. The van der Waals surface area contributed by atoms with E-state index < -0.39 is 0 Å². The number of phenolic OH excluding ortho intramolecular Hbond substituents is 1. The molecule has 1 aromatic rings. The molecule has 0 saturated heterocycles. The van der Waals surface area contributed by atoms with Crippen LogP contribution in [0.3, 0.4) is 0 Å². The first-order valence-corrected chi connectivity index (χ1v) is 4.69. The molecule has 1 aliphatic rings. The van der Waals surface area contributed by atoms with E-state index in [0.29, 0.717) is 5.57 Å². The van der Waals surface area contributed by atoms with Crippen LogP contribution < -0.4 is 0 Å². The number of ketones is 2. The number of carbonyl (C=O) groups is 2. The molecule has 0 radical (unpaired) electrons. The fraction of sp³-hybridized carbons (Fsp3) is 0.0909. The second kappa shape index (κ2) is 3.21. The molecule has 1 N–H and O–H groups in total. The molecule has 0 bridgehead atoms. The minimum Gasteiger partial charge on any atom is -0.507 e. The zero-order valence-electron chi connectivity index (χ0n) is 7.87. The van der Waals surface area contributed by atoms with Crippen molar-refractivity contribution >= 4 is 23.2 Å². The average Bonchev–Trinajstić information content (AvgIpc) is 2.18. The molecule has 4 heteroatoms. The Hall–Kier alpha value is -1.61. The predicted octanol–water partition coefficient (Wildman–Crippen LogP) is 2.37. The summed E-state index contributed by atoms with van der Waals surface area (Å²) < 4.78 is 0. The first-order valence-electron chi connectivity index (χ1n) is 4.31. The molecule has 0 aromatic heterocycles. The highest BCUT2D eigenvalue weighted by Crippen LogP contribution is 2.33. The van der Waals surface area contributed by atoms with Gasteiger partial charge in [0, 0.05) is 5.57 Å². The third-order valence-electron chi connectivity index (χ3n) is 2.31. The molecule has 0 spiro atoms. The van der Waals surface area contributed by atoms with Crippen molar-refractivity contribution in [3.05, 3.63) is 39.9 Å². The Morgan fingerprint density at radius 1 is 1.20 bits per heavy atom. The molecule has 3 nitrogen and oxygen atoms in total. The summed E-state index contributed by atoms with van der Waals surface area (Å²) in [5.74, 6) is -0.913. The highest BCUT2D eigenvalue weighted by molar-refractivity contribution is 6.38. The van der Waals surface area contributed by atoms with E-state index >= 15 is 0 Å². The van der Waals surface area contributed by atoms with Crippen LogP contribution in [0.25, 0.3) is 0 Å². The first-order chi connectivity index (χ1) is 7.02. The smallest absolute Gasteiger partial charge is 0.191 e. The summed E-state index contributed by atoms with van der Waals surface area (Å²) in [5, 5.41) is 9.68. The summed E-state index contributed by atoms with van der Waals surface area (Å²) >= 11 is 5.83. The van der Waals surface area contributed by atoms with E-state index in [-0.39, 0.29) is 33.5 Å². The van der Waals surface area contributed by atoms with E-state index in [9.17, 15) is 14.7 Å². The Labute approximate surface area is 91.0 Å².